The van der Waals surface area contributed by atoms with Crippen molar-refractivity contribution in [3.05, 3.63) is 69.2 Å². The number of hydrogen-bond acceptors (Lipinski definition) is 4. The number of para-hydroxylation sites is 1. The molecule has 1 amide bonds. The van der Waals surface area contributed by atoms with Crippen LogP contribution in [-0.2, 0) is 0 Å². The van der Waals surface area contributed by atoms with Gasteiger partial charge in [-0.3, -0.25) is 25.8 Å². The Labute approximate surface area is 119 Å². The summed E-state index contributed by atoms with van der Waals surface area (Å²) < 4.78 is 0. The van der Waals surface area contributed by atoms with Crippen molar-refractivity contribution < 1.29 is 9.72 Å². The molecule has 2 N–H and O–H groups in total. The summed E-state index contributed by atoms with van der Waals surface area (Å²) in [7, 11) is 0. The Morgan fingerprint density at radius 2 is 1.85 bits per heavy atom. The second-order valence-corrected chi connectivity index (χ2v) is 4.30. The van der Waals surface area contributed by atoms with E-state index >= 15 is 0 Å². The Bertz CT molecular complexity index is 647. The Balaban J connectivity index is 2.15. The molecule has 0 unspecified atom stereocenters. The SMILES string of the molecule is O=C(NNc1ccccc1)c1ccc(Cl)cc1[N+](=O)[O-]. The molecular formula is C13H10ClN3O3. The molecule has 2 aromatic rings. The normalized spacial score (nSPS) is 9.85. The molecular weight excluding hydrogens is 282 g/mol. The lowest BCUT2D eigenvalue weighted by Gasteiger charge is -2.08. The average molecular weight is 292 g/mol. The number of nitrogens with zero attached hydrogens (tertiary/aromatic N) is 1. The number of nitro benzene ring substituents is 1. The van der Waals surface area contributed by atoms with Gasteiger partial charge in [0.15, 0.2) is 0 Å². The number of anilines is 1. The van der Waals surface area contributed by atoms with E-state index in [0.29, 0.717) is 5.69 Å². The van der Waals surface area contributed by atoms with Crippen molar-refractivity contribution in [2.45, 2.75) is 0 Å². The van der Waals surface area contributed by atoms with Gasteiger partial charge < -0.3 is 0 Å². The number of benzene rings is 2. The molecule has 0 saturated carbocycles. The van der Waals surface area contributed by atoms with Crippen LogP contribution in [0.1, 0.15) is 10.4 Å². The number of halogens is 1. The van der Waals surface area contributed by atoms with Crippen molar-refractivity contribution >= 4 is 28.9 Å². The van der Waals surface area contributed by atoms with Gasteiger partial charge in [0.2, 0.25) is 0 Å². The van der Waals surface area contributed by atoms with Gasteiger partial charge in [0, 0.05) is 11.1 Å². The Morgan fingerprint density at radius 3 is 2.50 bits per heavy atom. The van der Waals surface area contributed by atoms with E-state index < -0.39 is 10.8 Å². The van der Waals surface area contributed by atoms with Gasteiger partial charge in [-0.1, -0.05) is 29.8 Å². The van der Waals surface area contributed by atoms with Gasteiger partial charge in [0.25, 0.3) is 11.6 Å². The summed E-state index contributed by atoms with van der Waals surface area (Å²) in [6.07, 6.45) is 0. The molecule has 0 aromatic heterocycles. The minimum atomic E-state index is -0.649. The molecule has 102 valence electrons. The molecule has 0 bridgehead atoms. The van der Waals surface area contributed by atoms with Crippen LogP contribution in [-0.4, -0.2) is 10.8 Å². The standard InChI is InChI=1S/C13H10ClN3O3/c14-9-6-7-11(12(8-9)17(19)20)13(18)16-15-10-4-2-1-3-5-10/h1-8,15H,(H,16,18). The molecule has 0 saturated heterocycles. The quantitative estimate of drug-likeness (QED) is 0.670. The van der Waals surface area contributed by atoms with Crippen molar-refractivity contribution in [2.75, 3.05) is 5.43 Å². The first kappa shape index (κ1) is 13.8. The largest absolute Gasteiger partial charge is 0.298 e. The summed E-state index contributed by atoms with van der Waals surface area (Å²) in [6, 6.07) is 12.8. The number of carbonyl (C=O) groups excluding carboxylic acids is 1. The summed E-state index contributed by atoms with van der Waals surface area (Å²) in [5, 5.41) is 11.1. The highest BCUT2D eigenvalue weighted by molar-refractivity contribution is 6.31. The highest BCUT2D eigenvalue weighted by atomic mass is 35.5. The van der Waals surface area contributed by atoms with E-state index in [1.54, 1.807) is 24.3 Å². The molecule has 20 heavy (non-hydrogen) atoms. The van der Waals surface area contributed by atoms with Crippen LogP contribution in [0.4, 0.5) is 11.4 Å². The van der Waals surface area contributed by atoms with E-state index in [1.165, 1.54) is 12.1 Å². The second kappa shape index (κ2) is 6.03. The maximum absolute atomic E-state index is 11.9. The van der Waals surface area contributed by atoms with Crippen LogP contribution in [0.25, 0.3) is 0 Å². The number of nitro groups is 1. The lowest BCUT2D eigenvalue weighted by atomic mass is 10.2. The smallest absolute Gasteiger partial charge is 0.283 e. The zero-order valence-electron chi connectivity index (χ0n) is 10.2. The topological polar surface area (TPSA) is 84.3 Å². The van der Waals surface area contributed by atoms with Crippen LogP contribution in [0.3, 0.4) is 0 Å². The van der Waals surface area contributed by atoms with E-state index in [1.807, 2.05) is 6.07 Å². The Hall–Kier alpha value is -2.60. The first-order valence-corrected chi connectivity index (χ1v) is 6.01. The average Bonchev–Trinajstić information content (AvgIpc) is 2.45. The third-order valence-corrected chi connectivity index (χ3v) is 2.73. The fourth-order valence-electron chi connectivity index (χ4n) is 1.57. The number of hydrogen-bond donors (Lipinski definition) is 2. The van der Waals surface area contributed by atoms with E-state index in [4.69, 9.17) is 11.6 Å². The monoisotopic (exact) mass is 291 g/mol. The third-order valence-electron chi connectivity index (χ3n) is 2.50. The van der Waals surface area contributed by atoms with E-state index in [9.17, 15) is 14.9 Å². The molecule has 0 atom stereocenters. The van der Waals surface area contributed by atoms with Crippen LogP contribution in [0.2, 0.25) is 5.02 Å². The van der Waals surface area contributed by atoms with Crippen molar-refractivity contribution in [3.63, 3.8) is 0 Å². The lowest BCUT2D eigenvalue weighted by Crippen LogP contribution is -2.29. The molecule has 0 fully saturated rings. The van der Waals surface area contributed by atoms with Crippen LogP contribution in [0, 0.1) is 10.1 Å². The number of hydrazine groups is 1. The van der Waals surface area contributed by atoms with E-state index in [-0.39, 0.29) is 16.3 Å². The van der Waals surface area contributed by atoms with Gasteiger partial charge in [-0.2, -0.15) is 0 Å². The molecule has 0 heterocycles. The van der Waals surface area contributed by atoms with Crippen LogP contribution in [0.5, 0.6) is 0 Å². The first-order valence-electron chi connectivity index (χ1n) is 5.63. The minimum absolute atomic E-state index is 0.0668. The molecule has 7 heteroatoms. The molecule has 0 spiro atoms. The van der Waals surface area contributed by atoms with Gasteiger partial charge in [-0.15, -0.1) is 0 Å². The zero-order chi connectivity index (χ0) is 14.5. The van der Waals surface area contributed by atoms with E-state index in [0.717, 1.165) is 6.07 Å². The number of amides is 1. The molecule has 0 radical (unpaired) electrons. The molecule has 0 aliphatic rings. The zero-order valence-corrected chi connectivity index (χ0v) is 10.9. The highest BCUT2D eigenvalue weighted by Gasteiger charge is 2.20. The summed E-state index contributed by atoms with van der Waals surface area (Å²) in [5.41, 5.74) is 5.32. The fraction of sp³-hybridized carbons (Fsp3) is 0. The van der Waals surface area contributed by atoms with Crippen molar-refractivity contribution in [3.8, 4) is 0 Å². The van der Waals surface area contributed by atoms with Gasteiger partial charge in [0.1, 0.15) is 5.56 Å². The number of carbonyl (C=O) groups is 1. The minimum Gasteiger partial charge on any atom is -0.298 e. The maximum atomic E-state index is 11.9. The van der Waals surface area contributed by atoms with Crippen LogP contribution < -0.4 is 10.9 Å². The Morgan fingerprint density at radius 1 is 1.15 bits per heavy atom. The maximum Gasteiger partial charge on any atom is 0.283 e. The molecule has 0 aliphatic carbocycles. The summed E-state index contributed by atoms with van der Waals surface area (Å²) in [6.45, 7) is 0. The third kappa shape index (κ3) is 3.24. The fourth-order valence-corrected chi connectivity index (χ4v) is 1.73. The van der Waals surface area contributed by atoms with Gasteiger partial charge in [-0.25, -0.2) is 0 Å². The summed E-state index contributed by atoms with van der Waals surface area (Å²) >= 11 is 5.69. The summed E-state index contributed by atoms with van der Waals surface area (Å²) in [5.74, 6) is -0.614. The molecule has 6 nitrogen and oxygen atoms in total. The number of nitrogens with one attached hydrogen (secondary N) is 2. The van der Waals surface area contributed by atoms with Crippen molar-refractivity contribution in [2.24, 2.45) is 0 Å². The highest BCUT2D eigenvalue weighted by Crippen LogP contribution is 2.23. The van der Waals surface area contributed by atoms with Gasteiger partial charge in [-0.05, 0) is 24.3 Å². The van der Waals surface area contributed by atoms with E-state index in [2.05, 4.69) is 10.9 Å². The van der Waals surface area contributed by atoms with Gasteiger partial charge in [0.05, 0.1) is 10.6 Å². The second-order valence-electron chi connectivity index (χ2n) is 3.86. The molecule has 2 rings (SSSR count). The predicted molar refractivity (Wildman–Crippen MR) is 75.6 cm³/mol. The molecule has 2 aromatic carbocycles. The van der Waals surface area contributed by atoms with Crippen molar-refractivity contribution in [1.82, 2.24) is 5.43 Å². The lowest BCUT2D eigenvalue weighted by molar-refractivity contribution is -0.385. The first-order chi connectivity index (χ1) is 9.58. The number of rotatable bonds is 4. The Kier molecular flexibility index (Phi) is 4.17. The van der Waals surface area contributed by atoms with Gasteiger partial charge >= 0.3 is 0 Å². The molecule has 0 aliphatic heterocycles. The van der Waals surface area contributed by atoms with Crippen LogP contribution in [0.15, 0.2) is 48.5 Å². The van der Waals surface area contributed by atoms with Crippen molar-refractivity contribution in [1.29, 1.82) is 0 Å². The van der Waals surface area contributed by atoms with Crippen LogP contribution >= 0.6 is 11.6 Å². The summed E-state index contributed by atoms with van der Waals surface area (Å²) in [4.78, 5) is 22.2. The predicted octanol–water partition coefficient (Wildman–Crippen LogP) is 3.01.